The quantitative estimate of drug-likeness (QED) is 0.288. The second-order valence-electron chi connectivity index (χ2n) is 11.3. The molecular weight excluding hydrogens is 512 g/mol. The average Bonchev–Trinajstić information content (AvgIpc) is 3.59. The van der Waals surface area contributed by atoms with Crippen LogP contribution in [-0.4, -0.2) is 49.3 Å². The first kappa shape index (κ1) is 27.5. The standard InChI is InChI=1S/C30H37ClN6O2/c1-6-30(4,5)37-28(33-34-35-37)27(25-16-24-20(3)14-19(2)15-26(24)32-29(25)38)36(18-23-8-7-13-39-23)17-21-9-11-22(31)12-10-21/h9-12,14-16,23,27H,6-8,13,17-18H2,1-5H3,(H,32,38). The highest BCUT2D eigenvalue weighted by atomic mass is 35.5. The molecule has 0 amide bonds. The number of hydrogen-bond acceptors (Lipinski definition) is 6. The number of ether oxygens (including phenoxy) is 1. The van der Waals surface area contributed by atoms with Crippen molar-refractivity contribution in [2.45, 2.75) is 78.1 Å². The summed E-state index contributed by atoms with van der Waals surface area (Å²) in [5.41, 5.74) is 4.26. The van der Waals surface area contributed by atoms with Gasteiger partial charge < -0.3 is 9.72 Å². The Balaban J connectivity index is 1.72. The summed E-state index contributed by atoms with van der Waals surface area (Å²) in [6.45, 7) is 12.4. The number of benzene rings is 2. The van der Waals surface area contributed by atoms with Crippen LogP contribution in [0.3, 0.4) is 0 Å². The van der Waals surface area contributed by atoms with Gasteiger partial charge in [-0.05, 0) is 98.3 Å². The Hall–Kier alpha value is -3.07. The summed E-state index contributed by atoms with van der Waals surface area (Å²) in [5, 5.41) is 14.8. The van der Waals surface area contributed by atoms with E-state index >= 15 is 0 Å². The maximum absolute atomic E-state index is 13.9. The lowest BCUT2D eigenvalue weighted by Gasteiger charge is -2.35. The molecule has 2 aromatic heterocycles. The fourth-order valence-corrected chi connectivity index (χ4v) is 5.60. The van der Waals surface area contributed by atoms with E-state index < -0.39 is 6.04 Å². The summed E-state index contributed by atoms with van der Waals surface area (Å²) >= 11 is 6.21. The van der Waals surface area contributed by atoms with Gasteiger partial charge in [-0.25, -0.2) is 4.68 Å². The molecule has 2 aromatic carbocycles. The van der Waals surface area contributed by atoms with E-state index in [1.807, 2.05) is 48.0 Å². The Labute approximate surface area is 234 Å². The maximum atomic E-state index is 13.9. The predicted molar refractivity (Wildman–Crippen MR) is 154 cm³/mol. The van der Waals surface area contributed by atoms with E-state index in [9.17, 15) is 4.79 Å². The molecule has 39 heavy (non-hydrogen) atoms. The van der Waals surface area contributed by atoms with Crippen molar-refractivity contribution in [1.29, 1.82) is 0 Å². The number of halogens is 1. The normalized spacial score (nSPS) is 16.8. The van der Waals surface area contributed by atoms with Gasteiger partial charge in [0.15, 0.2) is 5.82 Å². The van der Waals surface area contributed by atoms with E-state index in [1.165, 1.54) is 0 Å². The largest absolute Gasteiger partial charge is 0.377 e. The number of aromatic nitrogens is 5. The minimum absolute atomic E-state index is 0.0623. The van der Waals surface area contributed by atoms with Gasteiger partial charge in [0, 0.05) is 41.2 Å². The SMILES string of the molecule is CCC(C)(C)n1nnnc1C(c1cc2c(C)cc(C)cc2[nH]c1=O)N(Cc1ccc(Cl)cc1)CC1CCCO1. The summed E-state index contributed by atoms with van der Waals surface area (Å²) in [7, 11) is 0. The van der Waals surface area contributed by atoms with Gasteiger partial charge >= 0.3 is 0 Å². The van der Waals surface area contributed by atoms with Crippen molar-refractivity contribution in [3.63, 3.8) is 0 Å². The lowest BCUT2D eigenvalue weighted by Crippen LogP contribution is -2.41. The number of tetrazole rings is 1. The number of rotatable bonds is 9. The van der Waals surface area contributed by atoms with Gasteiger partial charge in [-0.15, -0.1) is 5.10 Å². The zero-order valence-electron chi connectivity index (χ0n) is 23.4. The van der Waals surface area contributed by atoms with Crippen LogP contribution >= 0.6 is 11.6 Å². The van der Waals surface area contributed by atoms with E-state index in [-0.39, 0.29) is 17.2 Å². The van der Waals surface area contributed by atoms with E-state index in [4.69, 9.17) is 16.3 Å². The van der Waals surface area contributed by atoms with Crippen molar-refractivity contribution in [2.75, 3.05) is 13.2 Å². The van der Waals surface area contributed by atoms with Crippen LogP contribution in [0.4, 0.5) is 0 Å². The number of fused-ring (bicyclic) bond motifs is 1. The van der Waals surface area contributed by atoms with E-state index in [1.54, 1.807) is 0 Å². The molecule has 8 nitrogen and oxygen atoms in total. The molecule has 9 heteroatoms. The number of pyridine rings is 1. The first-order chi connectivity index (χ1) is 18.7. The lowest BCUT2D eigenvalue weighted by atomic mass is 9.97. The molecule has 0 saturated carbocycles. The fraction of sp³-hybridized carbons (Fsp3) is 0.467. The molecule has 2 unspecified atom stereocenters. The minimum atomic E-state index is -0.500. The van der Waals surface area contributed by atoms with E-state index in [0.717, 1.165) is 53.5 Å². The fourth-order valence-electron chi connectivity index (χ4n) is 5.47. The first-order valence-corrected chi connectivity index (χ1v) is 14.1. The molecule has 1 aliphatic heterocycles. The van der Waals surface area contributed by atoms with Crippen molar-refractivity contribution in [1.82, 2.24) is 30.1 Å². The number of H-pyrrole nitrogens is 1. The van der Waals surface area contributed by atoms with Crippen LogP contribution in [0.5, 0.6) is 0 Å². The molecule has 206 valence electrons. The summed E-state index contributed by atoms with van der Waals surface area (Å²) in [6.07, 6.45) is 2.89. The van der Waals surface area contributed by atoms with E-state index in [2.05, 4.69) is 59.2 Å². The van der Waals surface area contributed by atoms with Crippen molar-refractivity contribution < 1.29 is 4.74 Å². The number of nitrogens with one attached hydrogen (secondary N) is 1. The number of aryl methyl sites for hydroxylation is 2. The monoisotopic (exact) mass is 548 g/mol. The molecule has 1 fully saturated rings. The lowest BCUT2D eigenvalue weighted by molar-refractivity contribution is 0.0562. The molecule has 0 bridgehead atoms. The van der Waals surface area contributed by atoms with Crippen LogP contribution in [0.1, 0.15) is 74.2 Å². The molecule has 1 saturated heterocycles. The maximum Gasteiger partial charge on any atom is 0.253 e. The average molecular weight is 549 g/mol. The minimum Gasteiger partial charge on any atom is -0.377 e. The summed E-state index contributed by atoms with van der Waals surface area (Å²) in [6, 6.07) is 13.5. The van der Waals surface area contributed by atoms with Gasteiger partial charge in [0.25, 0.3) is 5.56 Å². The second-order valence-corrected chi connectivity index (χ2v) is 11.7. The van der Waals surface area contributed by atoms with Crippen molar-refractivity contribution in [2.24, 2.45) is 0 Å². The highest BCUT2D eigenvalue weighted by Crippen LogP contribution is 2.33. The summed E-state index contributed by atoms with van der Waals surface area (Å²) in [4.78, 5) is 19.3. The van der Waals surface area contributed by atoms with Gasteiger partial charge in [-0.2, -0.15) is 0 Å². The zero-order valence-corrected chi connectivity index (χ0v) is 24.1. The Bertz CT molecular complexity index is 1500. The Morgan fingerprint density at radius 1 is 1.21 bits per heavy atom. The smallest absolute Gasteiger partial charge is 0.253 e. The van der Waals surface area contributed by atoms with E-state index in [0.29, 0.717) is 29.5 Å². The molecule has 5 rings (SSSR count). The van der Waals surface area contributed by atoms with Crippen LogP contribution in [0, 0.1) is 13.8 Å². The summed E-state index contributed by atoms with van der Waals surface area (Å²) < 4.78 is 7.97. The van der Waals surface area contributed by atoms with Crippen LogP contribution in [0.25, 0.3) is 10.9 Å². The van der Waals surface area contributed by atoms with Crippen molar-refractivity contribution >= 4 is 22.5 Å². The van der Waals surface area contributed by atoms with Crippen LogP contribution < -0.4 is 5.56 Å². The predicted octanol–water partition coefficient (Wildman–Crippen LogP) is 5.70. The van der Waals surface area contributed by atoms with Gasteiger partial charge in [0.05, 0.1) is 11.6 Å². The molecule has 0 spiro atoms. The molecule has 0 aliphatic carbocycles. The molecule has 2 atom stereocenters. The third kappa shape index (κ3) is 5.78. The number of hydrogen-bond donors (Lipinski definition) is 1. The molecule has 3 heterocycles. The number of aromatic amines is 1. The Kier molecular flexibility index (Phi) is 7.89. The molecular formula is C30H37ClN6O2. The molecule has 1 N–H and O–H groups in total. The van der Waals surface area contributed by atoms with Crippen molar-refractivity contribution in [3.05, 3.63) is 85.9 Å². The van der Waals surface area contributed by atoms with Gasteiger partial charge in [0.2, 0.25) is 0 Å². The Morgan fingerprint density at radius 2 is 1.97 bits per heavy atom. The highest BCUT2D eigenvalue weighted by molar-refractivity contribution is 6.30. The highest BCUT2D eigenvalue weighted by Gasteiger charge is 2.36. The third-order valence-corrected chi connectivity index (χ3v) is 8.19. The number of nitrogens with zero attached hydrogens (tertiary/aromatic N) is 5. The van der Waals surface area contributed by atoms with Crippen LogP contribution in [0.15, 0.2) is 47.3 Å². The molecule has 0 radical (unpaired) electrons. The topological polar surface area (TPSA) is 88.9 Å². The first-order valence-electron chi connectivity index (χ1n) is 13.7. The third-order valence-electron chi connectivity index (χ3n) is 7.94. The molecule has 1 aliphatic rings. The van der Waals surface area contributed by atoms with Gasteiger partial charge in [-0.1, -0.05) is 36.7 Å². The Morgan fingerprint density at radius 3 is 2.67 bits per heavy atom. The zero-order chi connectivity index (χ0) is 27.7. The summed E-state index contributed by atoms with van der Waals surface area (Å²) in [5.74, 6) is 0.642. The second kappa shape index (κ2) is 11.2. The van der Waals surface area contributed by atoms with Crippen LogP contribution in [-0.2, 0) is 16.8 Å². The van der Waals surface area contributed by atoms with Gasteiger partial charge in [-0.3, -0.25) is 9.69 Å². The molecule has 4 aromatic rings. The van der Waals surface area contributed by atoms with Gasteiger partial charge in [0.1, 0.15) is 6.04 Å². The van der Waals surface area contributed by atoms with Crippen LogP contribution in [0.2, 0.25) is 5.02 Å². The van der Waals surface area contributed by atoms with Crippen molar-refractivity contribution in [3.8, 4) is 0 Å².